The van der Waals surface area contributed by atoms with E-state index in [0.29, 0.717) is 26.4 Å². The van der Waals surface area contributed by atoms with Crippen molar-refractivity contribution in [3.8, 4) is 0 Å². The highest BCUT2D eigenvalue weighted by atomic mass is 127. The second-order valence-corrected chi connectivity index (χ2v) is 4.67. The molecule has 0 saturated heterocycles. The summed E-state index contributed by atoms with van der Waals surface area (Å²) in [4.78, 5) is 0. The maximum atomic E-state index is 5.44. The van der Waals surface area contributed by atoms with Crippen LogP contribution in [0.3, 0.4) is 0 Å². The lowest BCUT2D eigenvalue weighted by Crippen LogP contribution is -2.10. The monoisotopic (exact) mass is 344 g/mol. The molecule has 0 N–H and O–H groups in total. The normalized spacial score (nSPS) is 10.9. The van der Waals surface area contributed by atoms with Crippen molar-refractivity contribution in [1.82, 2.24) is 0 Å². The molecule has 16 heavy (non-hydrogen) atoms. The first kappa shape index (κ1) is 16.6. The van der Waals surface area contributed by atoms with Crippen molar-refractivity contribution in [3.63, 3.8) is 0 Å². The van der Waals surface area contributed by atoms with E-state index >= 15 is 0 Å². The third kappa shape index (κ3) is 14.6. The lowest BCUT2D eigenvalue weighted by atomic mass is 10.2. The van der Waals surface area contributed by atoms with Crippen LogP contribution in [0.25, 0.3) is 0 Å². The zero-order valence-electron chi connectivity index (χ0n) is 10.4. The van der Waals surface area contributed by atoms with E-state index in [2.05, 4.69) is 29.5 Å². The molecule has 0 heterocycles. The summed E-state index contributed by atoms with van der Waals surface area (Å²) in [6.07, 6.45) is 5.04. The SMILES string of the molecule is CCCCCCOCCOCCOCCI. The summed E-state index contributed by atoms with van der Waals surface area (Å²) in [6, 6.07) is 0. The van der Waals surface area contributed by atoms with Gasteiger partial charge in [0.1, 0.15) is 0 Å². The van der Waals surface area contributed by atoms with Crippen LogP contribution in [-0.4, -0.2) is 44.1 Å². The van der Waals surface area contributed by atoms with Gasteiger partial charge in [-0.3, -0.25) is 0 Å². The maximum Gasteiger partial charge on any atom is 0.0701 e. The molecule has 98 valence electrons. The highest BCUT2D eigenvalue weighted by Crippen LogP contribution is 1.98. The summed E-state index contributed by atoms with van der Waals surface area (Å²) in [5.74, 6) is 0. The van der Waals surface area contributed by atoms with Gasteiger partial charge in [-0.2, -0.15) is 0 Å². The fourth-order valence-corrected chi connectivity index (χ4v) is 1.54. The highest BCUT2D eigenvalue weighted by Gasteiger charge is 1.91. The van der Waals surface area contributed by atoms with Crippen LogP contribution in [0.2, 0.25) is 0 Å². The van der Waals surface area contributed by atoms with Crippen LogP contribution in [0, 0.1) is 0 Å². The number of alkyl halides is 1. The Labute approximate surface area is 113 Å². The molecule has 0 amide bonds. The molecular weight excluding hydrogens is 319 g/mol. The van der Waals surface area contributed by atoms with E-state index < -0.39 is 0 Å². The first-order chi connectivity index (χ1) is 7.91. The van der Waals surface area contributed by atoms with E-state index in [9.17, 15) is 0 Å². The summed E-state index contributed by atoms with van der Waals surface area (Å²) < 4.78 is 17.1. The quantitative estimate of drug-likeness (QED) is 0.292. The molecule has 0 aromatic rings. The molecule has 0 atom stereocenters. The minimum absolute atomic E-state index is 0.676. The molecule has 0 spiro atoms. The van der Waals surface area contributed by atoms with Crippen LogP contribution in [-0.2, 0) is 14.2 Å². The predicted molar refractivity (Wildman–Crippen MR) is 75.5 cm³/mol. The second-order valence-electron chi connectivity index (χ2n) is 3.59. The molecule has 0 bridgehead atoms. The van der Waals surface area contributed by atoms with Gasteiger partial charge in [0, 0.05) is 11.0 Å². The largest absolute Gasteiger partial charge is 0.379 e. The Morgan fingerprint density at radius 3 is 1.81 bits per heavy atom. The van der Waals surface area contributed by atoms with Gasteiger partial charge in [-0.25, -0.2) is 0 Å². The molecule has 0 saturated carbocycles. The van der Waals surface area contributed by atoms with Crippen LogP contribution in [0.1, 0.15) is 32.6 Å². The van der Waals surface area contributed by atoms with Crippen molar-refractivity contribution in [2.45, 2.75) is 32.6 Å². The smallest absolute Gasteiger partial charge is 0.0701 e. The molecule has 4 heteroatoms. The van der Waals surface area contributed by atoms with Crippen LogP contribution >= 0.6 is 22.6 Å². The standard InChI is InChI=1S/C12H25IO3/c1-2-3-4-5-7-14-9-11-16-12-10-15-8-6-13/h2-12H2,1H3. The zero-order valence-corrected chi connectivity index (χ0v) is 12.5. The van der Waals surface area contributed by atoms with Crippen LogP contribution in [0.5, 0.6) is 0 Å². The van der Waals surface area contributed by atoms with Crippen LogP contribution in [0.15, 0.2) is 0 Å². The third-order valence-corrected chi connectivity index (χ3v) is 2.55. The Bertz CT molecular complexity index is 109. The van der Waals surface area contributed by atoms with Crippen molar-refractivity contribution in [1.29, 1.82) is 0 Å². The fourth-order valence-electron chi connectivity index (χ4n) is 1.23. The molecule has 0 rings (SSSR count). The second kappa shape index (κ2) is 15.6. The summed E-state index contributed by atoms with van der Waals surface area (Å²) in [6.45, 7) is 6.66. The number of ether oxygens (including phenoxy) is 3. The zero-order chi connectivity index (χ0) is 11.9. The van der Waals surface area contributed by atoms with E-state index in [4.69, 9.17) is 14.2 Å². The summed E-state index contributed by atoms with van der Waals surface area (Å²) in [5, 5.41) is 0. The Kier molecular flexibility index (Phi) is 16.2. The van der Waals surface area contributed by atoms with Crippen molar-refractivity contribution in [2.24, 2.45) is 0 Å². The Balaban J connectivity index is 2.83. The molecule has 0 aromatic carbocycles. The van der Waals surface area contributed by atoms with Gasteiger partial charge in [0.05, 0.1) is 33.0 Å². The first-order valence-electron chi connectivity index (χ1n) is 6.21. The van der Waals surface area contributed by atoms with Crippen molar-refractivity contribution in [3.05, 3.63) is 0 Å². The molecule has 0 aliphatic rings. The van der Waals surface area contributed by atoms with Crippen molar-refractivity contribution < 1.29 is 14.2 Å². The van der Waals surface area contributed by atoms with Gasteiger partial charge < -0.3 is 14.2 Å². The van der Waals surface area contributed by atoms with E-state index in [-0.39, 0.29) is 0 Å². The van der Waals surface area contributed by atoms with Gasteiger partial charge in [0.2, 0.25) is 0 Å². The lowest BCUT2D eigenvalue weighted by Gasteiger charge is -2.06. The van der Waals surface area contributed by atoms with Gasteiger partial charge >= 0.3 is 0 Å². The fraction of sp³-hybridized carbons (Fsp3) is 1.00. The van der Waals surface area contributed by atoms with Crippen molar-refractivity contribution >= 4 is 22.6 Å². The van der Waals surface area contributed by atoms with Gasteiger partial charge in [-0.15, -0.1) is 0 Å². The average molecular weight is 344 g/mol. The third-order valence-electron chi connectivity index (χ3n) is 2.11. The van der Waals surface area contributed by atoms with Gasteiger partial charge in [0.15, 0.2) is 0 Å². The first-order valence-corrected chi connectivity index (χ1v) is 7.73. The number of halogens is 1. The predicted octanol–water partition coefficient (Wildman–Crippen LogP) is 3.05. The Hall–Kier alpha value is 0.610. The van der Waals surface area contributed by atoms with Gasteiger partial charge in [-0.1, -0.05) is 48.8 Å². The molecule has 3 nitrogen and oxygen atoms in total. The number of hydrogen-bond donors (Lipinski definition) is 0. The maximum absolute atomic E-state index is 5.44. The number of rotatable bonds is 13. The Morgan fingerprint density at radius 2 is 1.25 bits per heavy atom. The topological polar surface area (TPSA) is 27.7 Å². The van der Waals surface area contributed by atoms with Crippen LogP contribution in [0.4, 0.5) is 0 Å². The van der Waals surface area contributed by atoms with E-state index in [0.717, 1.165) is 17.6 Å². The molecule has 0 unspecified atom stereocenters. The minimum atomic E-state index is 0.676. The summed E-state index contributed by atoms with van der Waals surface area (Å²) >= 11 is 2.29. The highest BCUT2D eigenvalue weighted by molar-refractivity contribution is 14.1. The molecular formula is C12H25IO3. The van der Waals surface area contributed by atoms with Crippen molar-refractivity contribution in [2.75, 3.05) is 44.1 Å². The summed E-state index contributed by atoms with van der Waals surface area (Å²) in [7, 11) is 0. The van der Waals surface area contributed by atoms with E-state index in [1.165, 1.54) is 25.7 Å². The number of hydrogen-bond acceptors (Lipinski definition) is 3. The summed E-state index contributed by atoms with van der Waals surface area (Å²) in [5.41, 5.74) is 0. The lowest BCUT2D eigenvalue weighted by molar-refractivity contribution is 0.0169. The number of unbranched alkanes of at least 4 members (excludes halogenated alkanes) is 3. The van der Waals surface area contributed by atoms with Gasteiger partial charge in [-0.05, 0) is 6.42 Å². The van der Waals surface area contributed by atoms with Crippen LogP contribution < -0.4 is 0 Å². The molecule has 0 aromatic heterocycles. The van der Waals surface area contributed by atoms with E-state index in [1.54, 1.807) is 0 Å². The molecule has 0 fully saturated rings. The molecule has 0 aliphatic carbocycles. The molecule has 0 radical (unpaired) electrons. The molecule has 0 aliphatic heterocycles. The van der Waals surface area contributed by atoms with E-state index in [1.807, 2.05) is 0 Å². The van der Waals surface area contributed by atoms with Gasteiger partial charge in [0.25, 0.3) is 0 Å². The Morgan fingerprint density at radius 1 is 0.688 bits per heavy atom. The minimum Gasteiger partial charge on any atom is -0.379 e. The average Bonchev–Trinajstić information content (AvgIpc) is 2.31.